The summed E-state index contributed by atoms with van der Waals surface area (Å²) in [6, 6.07) is 8.91. The van der Waals surface area contributed by atoms with Crippen LogP contribution in [-0.4, -0.2) is 48.8 Å². The van der Waals surface area contributed by atoms with Crippen LogP contribution in [0.15, 0.2) is 52.4 Å². The van der Waals surface area contributed by atoms with Crippen molar-refractivity contribution >= 4 is 27.3 Å². The van der Waals surface area contributed by atoms with Gasteiger partial charge in [-0.3, -0.25) is 4.79 Å². The number of rotatable bonds is 7. The van der Waals surface area contributed by atoms with Crippen LogP contribution in [0.1, 0.15) is 24.8 Å². The third-order valence-electron chi connectivity index (χ3n) is 6.00. The molecule has 9 nitrogen and oxygen atoms in total. The Morgan fingerprint density at radius 3 is 2.79 bits per heavy atom. The molecule has 0 radical (unpaired) electrons. The first kappa shape index (κ1) is 22.8. The highest BCUT2D eigenvalue weighted by Gasteiger charge is 2.29. The molecule has 1 aromatic carbocycles. The predicted molar refractivity (Wildman–Crippen MR) is 129 cm³/mol. The largest absolute Gasteiger partial charge is 0.472 e. The number of nitrogens with one attached hydrogen (secondary N) is 2. The van der Waals surface area contributed by atoms with E-state index in [1.54, 1.807) is 18.3 Å². The maximum Gasteiger partial charge on any atom is 0.285 e. The van der Waals surface area contributed by atoms with E-state index in [2.05, 4.69) is 19.9 Å². The Labute approximate surface area is 202 Å². The van der Waals surface area contributed by atoms with Crippen LogP contribution in [0, 0.1) is 6.92 Å². The topological polar surface area (TPSA) is 117 Å². The van der Waals surface area contributed by atoms with Crippen molar-refractivity contribution in [3.63, 3.8) is 0 Å². The zero-order chi connectivity index (χ0) is 23.9. The minimum absolute atomic E-state index is 0.0614. The van der Waals surface area contributed by atoms with Gasteiger partial charge in [0.25, 0.3) is 5.56 Å². The number of anilines is 1. The molecule has 2 aliphatic rings. The molecule has 1 aliphatic carbocycles. The monoisotopic (exact) mass is 501 g/mol. The molecule has 3 aromatic rings. The second-order valence-corrected chi connectivity index (χ2v) is 10.7. The number of hydrogen-bond acceptors (Lipinski definition) is 7. The number of aromatic nitrogens is 3. The number of sulfonamides is 1. The lowest BCUT2D eigenvalue weighted by Gasteiger charge is -2.19. The maximum absolute atomic E-state index is 12.5. The number of hydrogen-bond donors (Lipinski definition) is 2. The van der Waals surface area contributed by atoms with Crippen LogP contribution in [0.4, 0.5) is 5.69 Å². The Bertz CT molecular complexity index is 1390. The fourth-order valence-electron chi connectivity index (χ4n) is 4.07. The van der Waals surface area contributed by atoms with Crippen molar-refractivity contribution in [2.45, 2.75) is 43.2 Å². The number of pyridine rings is 1. The summed E-state index contributed by atoms with van der Waals surface area (Å²) in [4.78, 5) is 18.3. The second kappa shape index (κ2) is 9.01. The van der Waals surface area contributed by atoms with Gasteiger partial charge < -0.3 is 9.64 Å². The molecule has 2 N–H and O–H groups in total. The van der Waals surface area contributed by atoms with Crippen molar-refractivity contribution in [2.24, 2.45) is 0 Å². The number of halogens is 1. The number of H-pyrrole nitrogens is 1. The van der Waals surface area contributed by atoms with Crippen molar-refractivity contribution in [3.8, 4) is 17.0 Å². The molecular weight excluding hydrogens is 478 g/mol. The van der Waals surface area contributed by atoms with Gasteiger partial charge >= 0.3 is 0 Å². The summed E-state index contributed by atoms with van der Waals surface area (Å²) in [6.45, 7) is 3.12. The molecule has 11 heteroatoms. The molecule has 0 bridgehead atoms. The Morgan fingerprint density at radius 1 is 1.21 bits per heavy atom. The molecule has 0 unspecified atom stereocenters. The standard InChI is InChI=1S/C23H24ClN5O4S/c1-14-10-18(34(31,32)28-16-2-3-16)4-5-19(14)15-6-8-25-21(11-15)33-17-7-9-29(13-17)20-12-26-27-23(30)22(20)24/h4-6,8,10-12,16-17,28H,2-3,7,9,13H2,1H3,(H,27,30)/t17-/m1/s1. The summed E-state index contributed by atoms with van der Waals surface area (Å²) in [5.41, 5.74) is 2.81. The van der Waals surface area contributed by atoms with E-state index in [4.69, 9.17) is 16.3 Å². The van der Waals surface area contributed by atoms with Crippen LogP contribution in [-0.2, 0) is 10.0 Å². The molecule has 5 rings (SSSR count). The molecule has 1 saturated heterocycles. The SMILES string of the molecule is Cc1cc(S(=O)(=O)NC2CC2)ccc1-c1ccnc(O[C@@H]2CCN(c3cn[nH]c(=O)c3Cl)C2)c1. The quantitative estimate of drug-likeness (QED) is 0.511. The number of benzene rings is 1. The van der Waals surface area contributed by atoms with Gasteiger partial charge in [-0.1, -0.05) is 17.7 Å². The number of ether oxygens (including phenoxy) is 1. The van der Waals surface area contributed by atoms with E-state index in [0.29, 0.717) is 24.7 Å². The van der Waals surface area contributed by atoms with Gasteiger partial charge in [-0.25, -0.2) is 23.2 Å². The number of aryl methyl sites for hydroxylation is 1. The lowest BCUT2D eigenvalue weighted by molar-refractivity contribution is 0.216. The average molecular weight is 502 g/mol. The molecule has 1 saturated carbocycles. The van der Waals surface area contributed by atoms with Crippen LogP contribution in [0.3, 0.4) is 0 Å². The smallest absolute Gasteiger partial charge is 0.285 e. The molecule has 2 fully saturated rings. The normalized spacial score (nSPS) is 18.3. The summed E-state index contributed by atoms with van der Waals surface area (Å²) < 4.78 is 33.9. The minimum atomic E-state index is -3.50. The molecular formula is C23H24ClN5O4S. The Balaban J connectivity index is 1.30. The van der Waals surface area contributed by atoms with Crippen molar-refractivity contribution < 1.29 is 13.2 Å². The van der Waals surface area contributed by atoms with Crippen molar-refractivity contribution in [3.05, 3.63) is 63.7 Å². The highest BCUT2D eigenvalue weighted by molar-refractivity contribution is 7.89. The zero-order valence-electron chi connectivity index (χ0n) is 18.5. The minimum Gasteiger partial charge on any atom is -0.472 e. The van der Waals surface area contributed by atoms with E-state index < -0.39 is 15.6 Å². The van der Waals surface area contributed by atoms with Crippen molar-refractivity contribution in [2.75, 3.05) is 18.0 Å². The summed E-state index contributed by atoms with van der Waals surface area (Å²) in [5.74, 6) is 0.478. The highest BCUT2D eigenvalue weighted by atomic mass is 35.5. The lowest BCUT2D eigenvalue weighted by Crippen LogP contribution is -2.26. The lowest BCUT2D eigenvalue weighted by atomic mass is 10.0. The van der Waals surface area contributed by atoms with Crippen LogP contribution < -0.4 is 19.9 Å². The Morgan fingerprint density at radius 2 is 2.03 bits per heavy atom. The molecule has 34 heavy (non-hydrogen) atoms. The first-order chi connectivity index (χ1) is 16.3. The Kier molecular flexibility index (Phi) is 6.05. The fourth-order valence-corrected chi connectivity index (χ4v) is 5.67. The predicted octanol–water partition coefficient (Wildman–Crippen LogP) is 2.89. The van der Waals surface area contributed by atoms with Crippen LogP contribution in [0.2, 0.25) is 5.02 Å². The molecule has 0 amide bonds. The third-order valence-corrected chi connectivity index (χ3v) is 7.89. The van der Waals surface area contributed by atoms with E-state index >= 15 is 0 Å². The van der Waals surface area contributed by atoms with Crippen LogP contribution in [0.25, 0.3) is 11.1 Å². The maximum atomic E-state index is 12.5. The fraction of sp³-hybridized carbons (Fsp3) is 0.348. The summed E-state index contributed by atoms with van der Waals surface area (Å²) in [5, 5.41) is 6.27. The van der Waals surface area contributed by atoms with E-state index in [9.17, 15) is 13.2 Å². The van der Waals surface area contributed by atoms with Gasteiger partial charge in [0.2, 0.25) is 15.9 Å². The van der Waals surface area contributed by atoms with Crippen molar-refractivity contribution in [1.82, 2.24) is 19.9 Å². The summed E-state index contributed by atoms with van der Waals surface area (Å²) >= 11 is 6.13. The number of nitrogens with zero attached hydrogens (tertiary/aromatic N) is 3. The highest BCUT2D eigenvalue weighted by Crippen LogP contribution is 2.30. The molecule has 3 heterocycles. The van der Waals surface area contributed by atoms with Gasteiger partial charge in [0.05, 0.1) is 23.3 Å². The van der Waals surface area contributed by atoms with E-state index in [1.165, 1.54) is 6.20 Å². The van der Waals surface area contributed by atoms with Crippen LogP contribution >= 0.6 is 11.6 Å². The van der Waals surface area contributed by atoms with Crippen LogP contribution in [0.5, 0.6) is 5.88 Å². The summed E-state index contributed by atoms with van der Waals surface area (Å²) in [7, 11) is -3.50. The summed E-state index contributed by atoms with van der Waals surface area (Å²) in [6.07, 6.45) is 5.62. The Hall–Kier alpha value is -2.95. The zero-order valence-corrected chi connectivity index (χ0v) is 20.1. The number of aromatic amines is 1. The molecule has 0 spiro atoms. The van der Waals surface area contributed by atoms with E-state index in [-0.39, 0.29) is 22.1 Å². The second-order valence-electron chi connectivity index (χ2n) is 8.63. The average Bonchev–Trinajstić information content (AvgIpc) is 3.49. The van der Waals surface area contributed by atoms with Gasteiger partial charge in [-0.05, 0) is 54.7 Å². The van der Waals surface area contributed by atoms with E-state index in [0.717, 1.165) is 36.0 Å². The molecule has 178 valence electrons. The molecule has 1 atom stereocenters. The van der Waals surface area contributed by atoms with Gasteiger partial charge in [0.1, 0.15) is 11.1 Å². The van der Waals surface area contributed by atoms with Gasteiger partial charge in [0, 0.05) is 31.3 Å². The van der Waals surface area contributed by atoms with Gasteiger partial charge in [-0.15, -0.1) is 0 Å². The molecule has 2 aromatic heterocycles. The van der Waals surface area contributed by atoms with Gasteiger partial charge in [0.15, 0.2) is 0 Å². The third kappa shape index (κ3) is 4.79. The van der Waals surface area contributed by atoms with E-state index in [1.807, 2.05) is 30.0 Å². The van der Waals surface area contributed by atoms with Gasteiger partial charge in [-0.2, -0.15) is 5.10 Å². The molecule has 1 aliphatic heterocycles. The van der Waals surface area contributed by atoms with Crippen molar-refractivity contribution in [1.29, 1.82) is 0 Å². The first-order valence-corrected chi connectivity index (χ1v) is 12.9. The first-order valence-electron chi connectivity index (χ1n) is 11.0.